The number of rotatable bonds is 2. The highest BCUT2D eigenvalue weighted by atomic mass is 35.5. The molecule has 1 aliphatic heterocycles. The Morgan fingerprint density at radius 1 is 1.21 bits per heavy atom. The maximum absolute atomic E-state index is 13.6. The van der Waals surface area contributed by atoms with Gasteiger partial charge in [-0.2, -0.15) is 8.78 Å². The molecule has 0 fully saturated rings. The van der Waals surface area contributed by atoms with Crippen molar-refractivity contribution in [1.82, 2.24) is 0 Å². The lowest BCUT2D eigenvalue weighted by molar-refractivity contribution is -0.140. The van der Waals surface area contributed by atoms with Crippen LogP contribution in [0.5, 0.6) is 5.75 Å². The van der Waals surface area contributed by atoms with E-state index in [1.165, 1.54) is 13.1 Å². The van der Waals surface area contributed by atoms with Crippen LogP contribution in [-0.4, -0.2) is 18.3 Å². The monoisotopic (exact) mass is 366 g/mol. The third kappa shape index (κ3) is 3.16. The summed E-state index contributed by atoms with van der Waals surface area (Å²) in [7, 11) is 0. The first-order valence-corrected chi connectivity index (χ1v) is 6.62. The van der Waals surface area contributed by atoms with Crippen LogP contribution in [0.15, 0.2) is 22.2 Å². The summed E-state index contributed by atoms with van der Waals surface area (Å²) in [5.74, 6) is -9.47. The maximum Gasteiger partial charge on any atom is 0.327 e. The molecule has 0 saturated heterocycles. The summed E-state index contributed by atoms with van der Waals surface area (Å²) < 4.78 is 58.2. The number of benzene rings is 1. The topological polar surface area (TPSA) is 64.7 Å². The molecule has 0 aromatic heterocycles. The number of aliphatic imine (C=N–C) groups is 1. The van der Waals surface area contributed by atoms with Gasteiger partial charge >= 0.3 is 5.97 Å². The third-order valence-electron chi connectivity index (χ3n) is 4.00. The summed E-state index contributed by atoms with van der Waals surface area (Å²) in [6.45, 7) is 4.63. The number of nitrogens with two attached hydrogens (primary N) is 1. The Kier molecular flexibility index (Phi) is 5.78. The van der Waals surface area contributed by atoms with Crippen LogP contribution in [0.4, 0.5) is 17.6 Å². The molecule has 0 amide bonds. The van der Waals surface area contributed by atoms with Crippen LogP contribution in [0.1, 0.15) is 20.8 Å². The molecule has 2 unspecified atom stereocenters. The Labute approximate surface area is 141 Å². The van der Waals surface area contributed by atoms with E-state index in [-0.39, 0.29) is 18.5 Å². The minimum atomic E-state index is -1.79. The van der Waals surface area contributed by atoms with Gasteiger partial charge in [0, 0.05) is 12.3 Å². The zero-order valence-corrected chi connectivity index (χ0v) is 13.8. The molecule has 0 aliphatic carbocycles. The first kappa shape index (κ1) is 20.1. The van der Waals surface area contributed by atoms with Gasteiger partial charge in [0.1, 0.15) is 11.6 Å². The van der Waals surface area contributed by atoms with E-state index < -0.39 is 46.6 Å². The van der Waals surface area contributed by atoms with E-state index in [1.54, 1.807) is 13.8 Å². The van der Waals surface area contributed by atoms with Crippen LogP contribution in [-0.2, 0) is 4.79 Å². The molecule has 1 heterocycles. The van der Waals surface area contributed by atoms with Gasteiger partial charge in [-0.3, -0.25) is 9.79 Å². The Bertz CT molecular complexity index is 725. The molecule has 4 nitrogen and oxygen atoms in total. The van der Waals surface area contributed by atoms with Gasteiger partial charge in [0.25, 0.3) is 0 Å². The van der Waals surface area contributed by atoms with Crippen LogP contribution in [0, 0.1) is 28.7 Å². The van der Waals surface area contributed by atoms with E-state index in [2.05, 4.69) is 9.73 Å². The van der Waals surface area contributed by atoms with Gasteiger partial charge in [-0.25, -0.2) is 8.78 Å². The van der Waals surface area contributed by atoms with Gasteiger partial charge < -0.3 is 10.5 Å². The zero-order valence-electron chi connectivity index (χ0n) is 13.0. The van der Waals surface area contributed by atoms with Crippen molar-refractivity contribution in [3.8, 4) is 5.75 Å². The fourth-order valence-electron chi connectivity index (χ4n) is 2.11. The molecular formula is C15H15ClF4N2O2. The molecular weight excluding hydrogens is 352 g/mol. The van der Waals surface area contributed by atoms with Crippen molar-refractivity contribution in [3.63, 3.8) is 0 Å². The van der Waals surface area contributed by atoms with Crippen molar-refractivity contribution < 1.29 is 27.1 Å². The van der Waals surface area contributed by atoms with Crippen molar-refractivity contribution in [2.24, 2.45) is 16.1 Å². The van der Waals surface area contributed by atoms with Gasteiger partial charge in [0.2, 0.25) is 17.4 Å². The highest BCUT2D eigenvalue weighted by Gasteiger charge is 2.40. The second kappa shape index (κ2) is 6.90. The first-order chi connectivity index (χ1) is 10.6. The summed E-state index contributed by atoms with van der Waals surface area (Å²) in [6, 6.07) is 0.0279. The molecule has 2 atom stereocenters. The van der Waals surface area contributed by atoms with E-state index in [1.807, 2.05) is 0 Å². The number of hydrogen-bond acceptors (Lipinski definition) is 4. The van der Waals surface area contributed by atoms with E-state index in [0.29, 0.717) is 11.1 Å². The predicted octanol–water partition coefficient (Wildman–Crippen LogP) is 3.28. The van der Waals surface area contributed by atoms with Crippen LogP contribution in [0.2, 0.25) is 0 Å². The third-order valence-corrected chi connectivity index (χ3v) is 4.00. The predicted molar refractivity (Wildman–Crippen MR) is 82.1 cm³/mol. The smallest absolute Gasteiger partial charge is 0.327 e. The van der Waals surface area contributed by atoms with E-state index in [4.69, 9.17) is 5.73 Å². The van der Waals surface area contributed by atoms with Gasteiger partial charge in [0.05, 0.1) is 0 Å². The lowest BCUT2D eigenvalue weighted by atomic mass is 9.79. The van der Waals surface area contributed by atoms with Crippen LogP contribution >= 0.6 is 12.4 Å². The lowest BCUT2D eigenvalue weighted by Gasteiger charge is -2.30. The van der Waals surface area contributed by atoms with Gasteiger partial charge in [0.15, 0.2) is 11.6 Å². The number of halogens is 5. The summed E-state index contributed by atoms with van der Waals surface area (Å²) >= 11 is 0. The molecule has 9 heteroatoms. The van der Waals surface area contributed by atoms with Crippen molar-refractivity contribution in [1.29, 1.82) is 0 Å². The van der Waals surface area contributed by atoms with Crippen molar-refractivity contribution in [2.75, 3.05) is 0 Å². The molecule has 24 heavy (non-hydrogen) atoms. The second-order valence-corrected chi connectivity index (χ2v) is 5.42. The van der Waals surface area contributed by atoms with Crippen molar-refractivity contribution in [3.05, 3.63) is 40.5 Å². The summed E-state index contributed by atoms with van der Waals surface area (Å²) in [4.78, 5) is 16.2. The van der Waals surface area contributed by atoms with Crippen LogP contribution < -0.4 is 10.5 Å². The molecule has 0 saturated carbocycles. The molecule has 1 aromatic carbocycles. The minimum absolute atomic E-state index is 0. The van der Waals surface area contributed by atoms with Gasteiger partial charge in [-0.05, 0) is 31.9 Å². The number of carbonyl (C=O) groups is 1. The molecule has 132 valence electrons. The molecule has 1 aliphatic rings. The average Bonchev–Trinajstić information content (AvgIpc) is 2.51. The fraction of sp³-hybridized carbons (Fsp3) is 0.333. The Hall–Kier alpha value is -1.93. The summed E-state index contributed by atoms with van der Waals surface area (Å²) in [5, 5.41) is 0. The van der Waals surface area contributed by atoms with Crippen LogP contribution in [0.3, 0.4) is 0 Å². The molecule has 0 spiro atoms. The molecule has 1 aromatic rings. The molecule has 0 radical (unpaired) electrons. The van der Waals surface area contributed by atoms with Gasteiger partial charge in [-0.15, -0.1) is 12.4 Å². The van der Waals surface area contributed by atoms with Gasteiger partial charge in [-0.1, -0.05) is 0 Å². The second-order valence-electron chi connectivity index (χ2n) is 5.42. The largest absolute Gasteiger partial charge is 0.419 e. The number of ether oxygens (including phenoxy) is 1. The van der Waals surface area contributed by atoms with Crippen LogP contribution in [0.25, 0.3) is 0 Å². The standard InChI is InChI=1S/C15H14F4N2O2.ClH/c1-6-7(2)15(3,5-21-13(6)20)14(22)23-12-10(18)8(16)4-9(17)11(12)19;/h4-5,13H,20H2,1-3H3;1H. The van der Waals surface area contributed by atoms with Crippen molar-refractivity contribution in [2.45, 2.75) is 26.9 Å². The lowest BCUT2D eigenvalue weighted by Crippen LogP contribution is -2.40. The molecule has 2 rings (SSSR count). The SMILES string of the molecule is CC1=C(C)C(C)(C(=O)Oc2c(F)c(F)cc(F)c2F)C=NC1N.Cl. The first-order valence-electron chi connectivity index (χ1n) is 6.62. The van der Waals surface area contributed by atoms with E-state index in [9.17, 15) is 22.4 Å². The summed E-state index contributed by atoms with van der Waals surface area (Å²) in [5.41, 5.74) is 5.30. The number of nitrogens with zero attached hydrogens (tertiary/aromatic N) is 1. The van der Waals surface area contributed by atoms with E-state index >= 15 is 0 Å². The fourth-order valence-corrected chi connectivity index (χ4v) is 2.11. The molecule has 2 N–H and O–H groups in total. The highest BCUT2D eigenvalue weighted by Crippen LogP contribution is 2.35. The number of hydrogen-bond donors (Lipinski definition) is 1. The molecule has 0 bridgehead atoms. The van der Waals surface area contributed by atoms with Crippen molar-refractivity contribution >= 4 is 24.6 Å². The maximum atomic E-state index is 13.6. The number of dihydropyridines is 1. The Morgan fingerprint density at radius 2 is 1.71 bits per heavy atom. The Morgan fingerprint density at radius 3 is 2.21 bits per heavy atom. The zero-order chi connectivity index (χ0) is 17.5. The number of carbonyl (C=O) groups excluding carboxylic acids is 1. The quantitative estimate of drug-likeness (QED) is 0.287. The van der Waals surface area contributed by atoms with E-state index in [0.717, 1.165) is 0 Å². The normalized spacial score (nSPS) is 23.1. The summed E-state index contributed by atoms with van der Waals surface area (Å²) in [6.07, 6.45) is 0.546. The average molecular weight is 367 g/mol. The Balaban J connectivity index is 0.00000288. The minimum Gasteiger partial charge on any atom is -0.419 e. The number of esters is 1. The highest BCUT2D eigenvalue weighted by molar-refractivity contribution is 6.00.